The summed E-state index contributed by atoms with van der Waals surface area (Å²) in [5.41, 5.74) is 1.25. The summed E-state index contributed by atoms with van der Waals surface area (Å²) in [5.74, 6) is 4.03. The van der Waals surface area contributed by atoms with Gasteiger partial charge in [-0.2, -0.15) is 0 Å². The summed E-state index contributed by atoms with van der Waals surface area (Å²) < 4.78 is 13.3. The minimum absolute atomic E-state index is 0.136. The maximum atomic E-state index is 11.7. The number of hydrogen-bond acceptors (Lipinski definition) is 3. The van der Waals surface area contributed by atoms with Crippen molar-refractivity contribution in [3.05, 3.63) is 54.6 Å². The summed E-state index contributed by atoms with van der Waals surface area (Å²) in [4.78, 5) is 0. The van der Waals surface area contributed by atoms with Gasteiger partial charge in [0.05, 0.1) is 6.10 Å². The number of benzene rings is 1. The largest absolute Gasteiger partial charge is 0.490 e. The lowest BCUT2D eigenvalue weighted by atomic mass is 9.66. The molecule has 37 heavy (non-hydrogen) atoms. The minimum atomic E-state index is -1.77. The highest BCUT2D eigenvalue weighted by molar-refractivity contribution is 6.74. The van der Waals surface area contributed by atoms with E-state index in [-0.39, 0.29) is 29.1 Å². The van der Waals surface area contributed by atoms with E-state index in [2.05, 4.69) is 96.8 Å². The molecule has 0 amide bonds. The fraction of sp³-hybridized carbons (Fsp3) is 0.697. The van der Waals surface area contributed by atoms with E-state index in [1.54, 1.807) is 0 Å². The third-order valence-electron chi connectivity index (χ3n) is 10.3. The highest BCUT2D eigenvalue weighted by Crippen LogP contribution is 2.58. The zero-order chi connectivity index (χ0) is 27.0. The van der Waals surface area contributed by atoms with Crippen molar-refractivity contribution in [2.24, 2.45) is 41.4 Å². The molecule has 0 aromatic heterocycles. The SMILES string of the molecule is C=C[C@H]1C=C[C@H]2[C@@H]3C[C@H](C)CC[C@H]3[C@H](Oc3ccc(C)cc3)[C@@H]2[C@H]1C(O)CCCO[Si](C)(C)C(C)(C)C. The second-order valence-electron chi connectivity index (χ2n) is 13.9. The van der Waals surface area contributed by atoms with E-state index in [1.807, 2.05) is 0 Å². The molecule has 9 atom stereocenters. The summed E-state index contributed by atoms with van der Waals surface area (Å²) >= 11 is 0. The molecule has 3 aliphatic rings. The fourth-order valence-electron chi connectivity index (χ4n) is 7.19. The van der Waals surface area contributed by atoms with Crippen LogP contribution in [0.2, 0.25) is 18.1 Å². The van der Waals surface area contributed by atoms with E-state index < -0.39 is 8.32 Å². The smallest absolute Gasteiger partial charge is 0.191 e. The summed E-state index contributed by atoms with van der Waals surface area (Å²) in [6.07, 6.45) is 12.1. The van der Waals surface area contributed by atoms with Crippen molar-refractivity contribution in [1.82, 2.24) is 0 Å². The Labute approximate surface area is 227 Å². The summed E-state index contributed by atoms with van der Waals surface area (Å²) in [6, 6.07) is 8.53. The first-order chi connectivity index (χ1) is 17.4. The maximum absolute atomic E-state index is 11.7. The van der Waals surface area contributed by atoms with Crippen LogP contribution in [0.15, 0.2) is 49.1 Å². The third-order valence-corrected chi connectivity index (χ3v) is 14.9. The molecule has 206 valence electrons. The van der Waals surface area contributed by atoms with Crippen LogP contribution in [0.1, 0.15) is 65.4 Å². The van der Waals surface area contributed by atoms with Crippen LogP contribution in [-0.4, -0.2) is 32.2 Å². The van der Waals surface area contributed by atoms with Gasteiger partial charge in [-0.3, -0.25) is 0 Å². The standard InChI is InChI=1S/C33H52O3Si/c1-9-24-15-19-26-28-21-23(3)14-18-27(28)32(36-25-16-12-22(2)13-17-25)31(26)30(24)29(34)11-10-20-35-37(7,8)33(4,5)6/h9,12-13,15-17,19,23-24,26-32,34H,1,10-11,14,18,20-21H2,2-8H3/t23-,24+,26+,27-,28+,29?,30-,31+,32+/m1/s1. The number of fused-ring (bicyclic) bond motifs is 3. The van der Waals surface area contributed by atoms with Crippen LogP contribution >= 0.6 is 0 Å². The average molecular weight is 525 g/mol. The predicted octanol–water partition coefficient (Wildman–Crippen LogP) is 8.19. The van der Waals surface area contributed by atoms with Gasteiger partial charge in [0, 0.05) is 24.4 Å². The van der Waals surface area contributed by atoms with E-state index in [4.69, 9.17) is 9.16 Å². The Morgan fingerprint density at radius 3 is 2.46 bits per heavy atom. The molecule has 2 saturated carbocycles. The molecule has 0 radical (unpaired) electrons. The molecular weight excluding hydrogens is 472 g/mol. The number of aliphatic hydroxyl groups is 1. The fourth-order valence-corrected chi connectivity index (χ4v) is 8.28. The lowest BCUT2D eigenvalue weighted by molar-refractivity contribution is -0.0110. The lowest BCUT2D eigenvalue weighted by Crippen LogP contribution is -2.44. The van der Waals surface area contributed by atoms with Crippen LogP contribution in [0.3, 0.4) is 0 Å². The Hall–Kier alpha value is -1.36. The number of aryl methyl sites for hydroxylation is 1. The number of rotatable bonds is 9. The van der Waals surface area contributed by atoms with Gasteiger partial charge < -0.3 is 14.3 Å². The first kappa shape index (κ1) is 28.6. The van der Waals surface area contributed by atoms with Crippen molar-refractivity contribution in [2.75, 3.05) is 6.61 Å². The average Bonchev–Trinajstić information content (AvgIpc) is 3.14. The second kappa shape index (κ2) is 11.4. The minimum Gasteiger partial charge on any atom is -0.490 e. The van der Waals surface area contributed by atoms with Gasteiger partial charge in [0.15, 0.2) is 8.32 Å². The summed E-state index contributed by atoms with van der Waals surface area (Å²) in [7, 11) is -1.77. The highest BCUT2D eigenvalue weighted by atomic mass is 28.4. The van der Waals surface area contributed by atoms with Crippen LogP contribution in [0.4, 0.5) is 0 Å². The Balaban J connectivity index is 1.54. The van der Waals surface area contributed by atoms with Gasteiger partial charge in [0.2, 0.25) is 0 Å². The quantitative estimate of drug-likeness (QED) is 0.201. The van der Waals surface area contributed by atoms with E-state index in [0.29, 0.717) is 23.7 Å². The molecule has 4 rings (SSSR count). The highest BCUT2D eigenvalue weighted by Gasteiger charge is 2.57. The molecule has 3 aliphatic carbocycles. The Bertz CT molecular complexity index is 930. The normalized spacial score (nSPS) is 34.5. The number of allylic oxidation sites excluding steroid dienone is 3. The van der Waals surface area contributed by atoms with Crippen molar-refractivity contribution >= 4 is 8.32 Å². The first-order valence-electron chi connectivity index (χ1n) is 14.8. The molecule has 1 aromatic rings. The van der Waals surface area contributed by atoms with Gasteiger partial charge in [-0.15, -0.1) is 6.58 Å². The third kappa shape index (κ3) is 6.12. The molecule has 0 spiro atoms. The van der Waals surface area contributed by atoms with Gasteiger partial charge in [-0.1, -0.05) is 70.0 Å². The predicted molar refractivity (Wildman–Crippen MR) is 157 cm³/mol. The van der Waals surface area contributed by atoms with Gasteiger partial charge >= 0.3 is 0 Å². The van der Waals surface area contributed by atoms with Crippen molar-refractivity contribution in [3.63, 3.8) is 0 Å². The summed E-state index contributed by atoms with van der Waals surface area (Å²) in [6.45, 7) is 20.9. The topological polar surface area (TPSA) is 38.7 Å². The molecule has 0 saturated heterocycles. The number of aliphatic hydroxyl groups excluding tert-OH is 1. The zero-order valence-corrected chi connectivity index (χ0v) is 25.5. The Kier molecular flexibility index (Phi) is 8.82. The van der Waals surface area contributed by atoms with E-state index in [1.165, 1.54) is 24.8 Å². The first-order valence-corrected chi connectivity index (χ1v) is 17.7. The molecule has 0 aliphatic heterocycles. The van der Waals surface area contributed by atoms with Crippen molar-refractivity contribution in [3.8, 4) is 5.75 Å². The number of ether oxygens (including phenoxy) is 1. The van der Waals surface area contributed by atoms with E-state index >= 15 is 0 Å². The van der Waals surface area contributed by atoms with Crippen LogP contribution < -0.4 is 4.74 Å². The van der Waals surface area contributed by atoms with Crippen LogP contribution in [0, 0.1) is 48.3 Å². The molecule has 4 heteroatoms. The van der Waals surface area contributed by atoms with Crippen molar-refractivity contribution < 1.29 is 14.3 Å². The maximum Gasteiger partial charge on any atom is 0.191 e. The monoisotopic (exact) mass is 524 g/mol. The van der Waals surface area contributed by atoms with Gasteiger partial charge in [0.25, 0.3) is 0 Å². The Morgan fingerprint density at radius 1 is 1.11 bits per heavy atom. The van der Waals surface area contributed by atoms with Crippen LogP contribution in [0.25, 0.3) is 0 Å². The van der Waals surface area contributed by atoms with E-state index in [9.17, 15) is 5.11 Å². The number of hydrogen-bond donors (Lipinski definition) is 1. The molecule has 0 heterocycles. The summed E-state index contributed by atoms with van der Waals surface area (Å²) in [5, 5.41) is 11.9. The van der Waals surface area contributed by atoms with Gasteiger partial charge in [-0.05, 0) is 86.5 Å². The molecule has 0 bridgehead atoms. The second-order valence-corrected chi connectivity index (χ2v) is 18.7. The van der Waals surface area contributed by atoms with E-state index in [0.717, 1.165) is 31.1 Å². The molecule has 1 unspecified atom stereocenters. The van der Waals surface area contributed by atoms with Crippen LogP contribution in [-0.2, 0) is 4.43 Å². The van der Waals surface area contributed by atoms with Crippen molar-refractivity contribution in [1.29, 1.82) is 0 Å². The van der Waals surface area contributed by atoms with Crippen molar-refractivity contribution in [2.45, 2.75) is 97.1 Å². The van der Waals surface area contributed by atoms with Crippen LogP contribution in [0.5, 0.6) is 5.75 Å². The Morgan fingerprint density at radius 2 is 1.81 bits per heavy atom. The molecule has 3 nitrogen and oxygen atoms in total. The zero-order valence-electron chi connectivity index (χ0n) is 24.5. The molecule has 2 fully saturated rings. The molecule has 1 aromatic carbocycles. The molecular formula is C33H52O3Si. The lowest BCUT2D eigenvalue weighted by Gasteiger charge is -2.41. The van der Waals surface area contributed by atoms with Gasteiger partial charge in [0.1, 0.15) is 11.9 Å². The van der Waals surface area contributed by atoms with Gasteiger partial charge in [-0.25, -0.2) is 0 Å². The molecule has 1 N–H and O–H groups in total.